The van der Waals surface area contributed by atoms with Gasteiger partial charge in [-0.05, 0) is 18.1 Å². The fourth-order valence-corrected chi connectivity index (χ4v) is 2.12. The van der Waals surface area contributed by atoms with E-state index < -0.39 is 0 Å². The summed E-state index contributed by atoms with van der Waals surface area (Å²) in [5.41, 5.74) is 7.89. The van der Waals surface area contributed by atoms with E-state index in [-0.39, 0.29) is 12.6 Å². The Balaban J connectivity index is 2.46. The van der Waals surface area contributed by atoms with E-state index >= 15 is 0 Å². The van der Waals surface area contributed by atoms with Crippen LogP contribution in [0.1, 0.15) is 30.5 Å². The highest BCUT2D eigenvalue weighted by molar-refractivity contribution is 5.52. The quantitative estimate of drug-likeness (QED) is 0.834. The largest absolute Gasteiger partial charge is 0.490 e. The molecule has 1 aromatic carbocycles. The summed E-state index contributed by atoms with van der Waals surface area (Å²) in [4.78, 5) is 0. The third kappa shape index (κ3) is 2.37. The van der Waals surface area contributed by atoms with Gasteiger partial charge in [-0.25, -0.2) is 0 Å². The van der Waals surface area contributed by atoms with Crippen LogP contribution in [0.5, 0.6) is 11.5 Å². The molecule has 0 aliphatic carbocycles. The Kier molecular flexibility index (Phi) is 3.86. The van der Waals surface area contributed by atoms with Crippen LogP contribution in [-0.2, 0) is 6.42 Å². The molecule has 0 spiro atoms. The van der Waals surface area contributed by atoms with E-state index in [1.54, 1.807) is 0 Å². The summed E-state index contributed by atoms with van der Waals surface area (Å²) >= 11 is 0. The molecule has 4 nitrogen and oxygen atoms in total. The number of aliphatic hydroxyl groups excluding tert-OH is 1. The average Bonchev–Trinajstić information content (AvgIpc) is 2.61. The van der Waals surface area contributed by atoms with Gasteiger partial charge in [0, 0.05) is 12.0 Å². The molecule has 2 rings (SSSR count). The summed E-state index contributed by atoms with van der Waals surface area (Å²) in [6, 6.07) is 3.44. The zero-order valence-corrected chi connectivity index (χ0v) is 10.1. The Bertz CT molecular complexity index is 392. The molecule has 1 aliphatic heterocycles. The normalized spacial score (nSPS) is 16.4. The molecule has 0 amide bonds. The number of fused-ring (bicyclic) bond motifs is 1. The van der Waals surface area contributed by atoms with Crippen LogP contribution in [0.25, 0.3) is 0 Å². The van der Waals surface area contributed by atoms with Gasteiger partial charge in [0.15, 0.2) is 11.5 Å². The molecule has 1 heterocycles. The van der Waals surface area contributed by atoms with Gasteiger partial charge in [0.2, 0.25) is 0 Å². The number of rotatable bonds is 3. The van der Waals surface area contributed by atoms with E-state index in [9.17, 15) is 5.11 Å². The van der Waals surface area contributed by atoms with Gasteiger partial charge < -0.3 is 20.3 Å². The predicted molar refractivity (Wildman–Crippen MR) is 65.4 cm³/mol. The van der Waals surface area contributed by atoms with Gasteiger partial charge in [-0.2, -0.15) is 0 Å². The van der Waals surface area contributed by atoms with Gasteiger partial charge in [-0.15, -0.1) is 0 Å². The summed E-state index contributed by atoms with van der Waals surface area (Å²) in [7, 11) is 0. The van der Waals surface area contributed by atoms with Crippen molar-refractivity contribution in [1.29, 1.82) is 0 Å². The minimum absolute atomic E-state index is 0.0629. The van der Waals surface area contributed by atoms with Crippen LogP contribution in [0.4, 0.5) is 0 Å². The molecular formula is C13H19NO3. The summed E-state index contributed by atoms with van der Waals surface area (Å²) in [6.45, 7) is 3.34. The first kappa shape index (κ1) is 12.2. The number of hydrogen-bond acceptors (Lipinski definition) is 4. The number of ether oxygens (including phenoxy) is 2. The zero-order valence-electron chi connectivity index (χ0n) is 10.1. The monoisotopic (exact) mass is 237 g/mol. The fourth-order valence-electron chi connectivity index (χ4n) is 2.12. The lowest BCUT2D eigenvalue weighted by molar-refractivity contribution is 0.266. The van der Waals surface area contributed by atoms with Crippen molar-refractivity contribution < 1.29 is 14.6 Å². The molecule has 0 radical (unpaired) electrons. The van der Waals surface area contributed by atoms with Crippen molar-refractivity contribution in [3.63, 3.8) is 0 Å². The Morgan fingerprint density at radius 3 is 2.82 bits per heavy atom. The van der Waals surface area contributed by atoms with Crippen molar-refractivity contribution in [2.75, 3.05) is 19.8 Å². The molecule has 1 atom stereocenters. The maximum atomic E-state index is 9.17. The van der Waals surface area contributed by atoms with Crippen LogP contribution in [0.2, 0.25) is 0 Å². The molecule has 17 heavy (non-hydrogen) atoms. The van der Waals surface area contributed by atoms with Gasteiger partial charge in [0.05, 0.1) is 25.9 Å². The van der Waals surface area contributed by atoms with E-state index in [1.165, 1.54) is 0 Å². The molecular weight excluding hydrogens is 218 g/mol. The van der Waals surface area contributed by atoms with Crippen LogP contribution >= 0.6 is 0 Å². The van der Waals surface area contributed by atoms with E-state index in [4.69, 9.17) is 15.2 Å². The van der Waals surface area contributed by atoms with Crippen molar-refractivity contribution in [1.82, 2.24) is 0 Å². The van der Waals surface area contributed by atoms with Crippen LogP contribution < -0.4 is 15.2 Å². The highest BCUT2D eigenvalue weighted by atomic mass is 16.5. The lowest BCUT2D eigenvalue weighted by atomic mass is 9.98. The molecule has 0 saturated carbocycles. The highest BCUT2D eigenvalue weighted by Gasteiger charge is 2.19. The molecule has 1 unspecified atom stereocenters. The number of benzene rings is 1. The zero-order chi connectivity index (χ0) is 12.3. The lowest BCUT2D eigenvalue weighted by Gasteiger charge is -2.18. The molecule has 0 saturated heterocycles. The Labute approximate surface area is 101 Å². The van der Waals surface area contributed by atoms with Crippen molar-refractivity contribution >= 4 is 0 Å². The summed E-state index contributed by atoms with van der Waals surface area (Å²) in [5.74, 6) is 1.58. The van der Waals surface area contributed by atoms with Crippen LogP contribution in [0.3, 0.4) is 0 Å². The maximum Gasteiger partial charge on any atom is 0.164 e. The van der Waals surface area contributed by atoms with Gasteiger partial charge in [-0.1, -0.05) is 13.0 Å². The lowest BCUT2D eigenvalue weighted by Crippen LogP contribution is -2.17. The molecule has 94 valence electrons. The van der Waals surface area contributed by atoms with Gasteiger partial charge in [0.25, 0.3) is 0 Å². The second kappa shape index (κ2) is 5.38. The molecule has 4 heteroatoms. The first-order chi connectivity index (χ1) is 8.27. The first-order valence-electron chi connectivity index (χ1n) is 6.05. The minimum atomic E-state index is -0.359. The summed E-state index contributed by atoms with van der Waals surface area (Å²) in [5, 5.41) is 9.17. The second-order valence-electron chi connectivity index (χ2n) is 4.15. The number of aliphatic hydroxyl groups is 1. The second-order valence-corrected chi connectivity index (χ2v) is 4.15. The van der Waals surface area contributed by atoms with Crippen LogP contribution in [0, 0.1) is 0 Å². The molecule has 0 bridgehead atoms. The summed E-state index contributed by atoms with van der Waals surface area (Å²) in [6.07, 6.45) is 1.70. The van der Waals surface area contributed by atoms with Crippen molar-refractivity contribution in [2.24, 2.45) is 5.73 Å². The smallest absolute Gasteiger partial charge is 0.164 e. The highest BCUT2D eigenvalue weighted by Crippen LogP contribution is 2.37. The Morgan fingerprint density at radius 2 is 2.12 bits per heavy atom. The van der Waals surface area contributed by atoms with Crippen molar-refractivity contribution in [3.8, 4) is 11.5 Å². The third-order valence-electron chi connectivity index (χ3n) is 3.00. The van der Waals surface area contributed by atoms with Crippen LogP contribution in [-0.4, -0.2) is 24.9 Å². The van der Waals surface area contributed by atoms with E-state index in [0.29, 0.717) is 13.2 Å². The van der Waals surface area contributed by atoms with Gasteiger partial charge in [0.1, 0.15) is 0 Å². The summed E-state index contributed by atoms with van der Waals surface area (Å²) < 4.78 is 11.4. The topological polar surface area (TPSA) is 64.7 Å². The van der Waals surface area contributed by atoms with E-state index in [1.807, 2.05) is 12.1 Å². The van der Waals surface area contributed by atoms with E-state index in [2.05, 4.69) is 6.92 Å². The standard InChI is InChI=1S/C13H19NO3/c1-2-9-10(11(14)8-15)4-5-12-13(9)17-7-3-6-16-12/h4-5,11,15H,2-3,6-8,14H2,1H3. The first-order valence-corrected chi connectivity index (χ1v) is 6.05. The van der Waals surface area contributed by atoms with Gasteiger partial charge >= 0.3 is 0 Å². The van der Waals surface area contributed by atoms with Crippen molar-refractivity contribution in [2.45, 2.75) is 25.8 Å². The van der Waals surface area contributed by atoms with Gasteiger partial charge in [-0.3, -0.25) is 0 Å². The molecule has 0 fully saturated rings. The third-order valence-corrected chi connectivity index (χ3v) is 3.00. The Morgan fingerprint density at radius 1 is 1.35 bits per heavy atom. The predicted octanol–water partition coefficient (Wildman–Crippen LogP) is 1.40. The molecule has 1 aliphatic rings. The number of hydrogen-bond donors (Lipinski definition) is 2. The SMILES string of the molecule is CCc1c(C(N)CO)ccc2c1OCCCO2. The van der Waals surface area contributed by atoms with Crippen molar-refractivity contribution in [3.05, 3.63) is 23.3 Å². The minimum Gasteiger partial charge on any atom is -0.490 e. The average molecular weight is 237 g/mol. The molecule has 3 N–H and O–H groups in total. The maximum absolute atomic E-state index is 9.17. The molecule has 0 aromatic heterocycles. The van der Waals surface area contributed by atoms with E-state index in [0.717, 1.165) is 35.5 Å². The molecule has 1 aromatic rings. The Hall–Kier alpha value is -1.26. The fraction of sp³-hybridized carbons (Fsp3) is 0.538. The van der Waals surface area contributed by atoms with Crippen LogP contribution in [0.15, 0.2) is 12.1 Å². The number of nitrogens with two attached hydrogens (primary N) is 1.